The molecule has 5 nitrogen and oxygen atoms in total. The first-order chi connectivity index (χ1) is 8.11. The van der Waals surface area contributed by atoms with E-state index in [9.17, 15) is 0 Å². The highest BCUT2D eigenvalue weighted by Crippen LogP contribution is 2.27. The molecule has 0 bridgehead atoms. The Morgan fingerprint density at radius 3 is 2.65 bits per heavy atom. The Morgan fingerprint density at radius 2 is 2.18 bits per heavy atom. The molecule has 0 aliphatic rings. The molecule has 0 aliphatic carbocycles. The van der Waals surface area contributed by atoms with E-state index in [0.717, 1.165) is 19.3 Å². The molecule has 0 fully saturated rings. The Morgan fingerprint density at radius 1 is 1.47 bits per heavy atom. The highest BCUT2D eigenvalue weighted by molar-refractivity contribution is 5.02. The van der Waals surface area contributed by atoms with Crippen LogP contribution in [0.1, 0.15) is 57.7 Å². The van der Waals surface area contributed by atoms with Crippen LogP contribution in [0.2, 0.25) is 0 Å². The SMILES string of the molecule is CCCC(CN)c1nc(C(C)(CC)OC)no1. The fraction of sp³-hybridized carbons (Fsp3) is 0.833. The van der Waals surface area contributed by atoms with Gasteiger partial charge in [-0.3, -0.25) is 0 Å². The molecule has 1 aromatic heterocycles. The van der Waals surface area contributed by atoms with Crippen molar-refractivity contribution in [3.8, 4) is 0 Å². The number of aromatic nitrogens is 2. The van der Waals surface area contributed by atoms with Crippen molar-refractivity contribution in [1.29, 1.82) is 0 Å². The fourth-order valence-electron chi connectivity index (χ4n) is 1.70. The summed E-state index contributed by atoms with van der Waals surface area (Å²) in [4.78, 5) is 4.43. The summed E-state index contributed by atoms with van der Waals surface area (Å²) in [5.74, 6) is 1.38. The van der Waals surface area contributed by atoms with E-state index >= 15 is 0 Å². The number of nitrogens with zero attached hydrogens (tertiary/aromatic N) is 2. The first-order valence-corrected chi connectivity index (χ1v) is 6.20. The van der Waals surface area contributed by atoms with E-state index in [1.807, 2.05) is 13.8 Å². The molecule has 0 aromatic carbocycles. The molecule has 0 radical (unpaired) electrons. The van der Waals surface area contributed by atoms with E-state index < -0.39 is 5.60 Å². The lowest BCUT2D eigenvalue weighted by molar-refractivity contribution is -0.0106. The third-order valence-corrected chi connectivity index (χ3v) is 3.31. The second-order valence-electron chi connectivity index (χ2n) is 4.47. The van der Waals surface area contributed by atoms with E-state index in [1.165, 1.54) is 0 Å². The van der Waals surface area contributed by atoms with Crippen molar-refractivity contribution in [2.45, 2.75) is 51.6 Å². The van der Waals surface area contributed by atoms with Gasteiger partial charge in [0.2, 0.25) is 11.7 Å². The summed E-state index contributed by atoms with van der Waals surface area (Å²) in [5.41, 5.74) is 5.24. The molecular formula is C12H23N3O2. The van der Waals surface area contributed by atoms with Crippen LogP contribution in [-0.2, 0) is 10.3 Å². The maximum Gasteiger partial charge on any atom is 0.231 e. The minimum absolute atomic E-state index is 0.152. The smallest absolute Gasteiger partial charge is 0.231 e. The van der Waals surface area contributed by atoms with Crippen LogP contribution in [0.5, 0.6) is 0 Å². The lowest BCUT2D eigenvalue weighted by Gasteiger charge is -2.21. The number of hydrogen-bond donors (Lipinski definition) is 1. The van der Waals surface area contributed by atoms with Gasteiger partial charge >= 0.3 is 0 Å². The molecule has 1 heterocycles. The molecule has 2 unspecified atom stereocenters. The maximum absolute atomic E-state index is 5.72. The Hall–Kier alpha value is -0.940. The summed E-state index contributed by atoms with van der Waals surface area (Å²) in [6.45, 7) is 6.64. The third kappa shape index (κ3) is 3.04. The van der Waals surface area contributed by atoms with Gasteiger partial charge in [-0.2, -0.15) is 4.98 Å². The number of nitrogens with two attached hydrogens (primary N) is 1. The molecular weight excluding hydrogens is 218 g/mol. The van der Waals surface area contributed by atoms with Crippen LogP contribution < -0.4 is 5.73 Å². The Kier molecular flexibility index (Phi) is 5.08. The van der Waals surface area contributed by atoms with Crippen LogP contribution in [0.4, 0.5) is 0 Å². The molecule has 0 amide bonds. The average Bonchev–Trinajstić information content (AvgIpc) is 2.84. The summed E-state index contributed by atoms with van der Waals surface area (Å²) >= 11 is 0. The van der Waals surface area contributed by atoms with Gasteiger partial charge in [-0.15, -0.1) is 0 Å². The van der Waals surface area contributed by atoms with E-state index in [2.05, 4.69) is 17.1 Å². The van der Waals surface area contributed by atoms with Gasteiger partial charge in [-0.25, -0.2) is 0 Å². The zero-order valence-corrected chi connectivity index (χ0v) is 11.2. The van der Waals surface area contributed by atoms with Crippen molar-refractivity contribution in [3.05, 3.63) is 11.7 Å². The van der Waals surface area contributed by atoms with E-state index in [0.29, 0.717) is 18.3 Å². The van der Waals surface area contributed by atoms with Crippen molar-refractivity contribution in [1.82, 2.24) is 10.1 Å². The fourth-order valence-corrected chi connectivity index (χ4v) is 1.70. The van der Waals surface area contributed by atoms with E-state index in [1.54, 1.807) is 7.11 Å². The zero-order valence-electron chi connectivity index (χ0n) is 11.2. The largest absolute Gasteiger partial charge is 0.370 e. The quantitative estimate of drug-likeness (QED) is 0.792. The summed E-state index contributed by atoms with van der Waals surface area (Å²) in [6.07, 6.45) is 2.81. The lowest BCUT2D eigenvalue weighted by Crippen LogP contribution is -2.25. The molecule has 1 aromatic rings. The molecule has 0 saturated heterocycles. The van der Waals surface area contributed by atoms with Gasteiger partial charge in [-0.1, -0.05) is 25.4 Å². The zero-order chi connectivity index (χ0) is 12.9. The van der Waals surface area contributed by atoms with Gasteiger partial charge in [0.25, 0.3) is 0 Å². The Bertz CT molecular complexity index is 334. The normalized spacial score (nSPS) is 16.8. The Balaban J connectivity index is 2.90. The summed E-state index contributed by atoms with van der Waals surface area (Å²) in [5, 5.41) is 4.01. The van der Waals surface area contributed by atoms with Gasteiger partial charge in [0, 0.05) is 13.7 Å². The number of ether oxygens (including phenoxy) is 1. The van der Waals surface area contributed by atoms with Crippen molar-refractivity contribution in [3.63, 3.8) is 0 Å². The van der Waals surface area contributed by atoms with Crippen molar-refractivity contribution in [2.24, 2.45) is 5.73 Å². The molecule has 17 heavy (non-hydrogen) atoms. The van der Waals surface area contributed by atoms with Gasteiger partial charge < -0.3 is 15.0 Å². The molecule has 1 rings (SSSR count). The Labute approximate surface area is 103 Å². The summed E-state index contributed by atoms with van der Waals surface area (Å²) in [6, 6.07) is 0. The summed E-state index contributed by atoms with van der Waals surface area (Å²) in [7, 11) is 1.66. The van der Waals surface area contributed by atoms with Crippen LogP contribution in [0.15, 0.2) is 4.52 Å². The number of rotatable bonds is 7. The highest BCUT2D eigenvalue weighted by atomic mass is 16.5. The lowest BCUT2D eigenvalue weighted by atomic mass is 10.0. The maximum atomic E-state index is 5.72. The van der Waals surface area contributed by atoms with Crippen LogP contribution in [0.3, 0.4) is 0 Å². The molecule has 98 valence electrons. The van der Waals surface area contributed by atoms with Crippen LogP contribution in [-0.4, -0.2) is 23.8 Å². The average molecular weight is 241 g/mol. The minimum Gasteiger partial charge on any atom is -0.370 e. The molecule has 0 spiro atoms. The topological polar surface area (TPSA) is 74.2 Å². The van der Waals surface area contributed by atoms with Crippen molar-refractivity contribution >= 4 is 0 Å². The molecule has 0 saturated carbocycles. The van der Waals surface area contributed by atoms with E-state index in [4.69, 9.17) is 15.0 Å². The van der Waals surface area contributed by atoms with Crippen molar-refractivity contribution in [2.75, 3.05) is 13.7 Å². The monoisotopic (exact) mass is 241 g/mol. The van der Waals surface area contributed by atoms with Gasteiger partial charge in [-0.05, 0) is 19.8 Å². The van der Waals surface area contributed by atoms with Crippen LogP contribution in [0, 0.1) is 0 Å². The number of methoxy groups -OCH3 is 1. The predicted molar refractivity (Wildman–Crippen MR) is 65.7 cm³/mol. The van der Waals surface area contributed by atoms with Gasteiger partial charge in [0.15, 0.2) is 0 Å². The van der Waals surface area contributed by atoms with Crippen molar-refractivity contribution < 1.29 is 9.26 Å². The van der Waals surface area contributed by atoms with Crippen LogP contribution in [0.25, 0.3) is 0 Å². The number of hydrogen-bond acceptors (Lipinski definition) is 5. The van der Waals surface area contributed by atoms with Crippen LogP contribution >= 0.6 is 0 Å². The first-order valence-electron chi connectivity index (χ1n) is 6.20. The minimum atomic E-state index is -0.479. The second-order valence-corrected chi connectivity index (χ2v) is 4.47. The first kappa shape index (κ1) is 14.1. The predicted octanol–water partition coefficient (Wildman–Crippen LogP) is 2.18. The second kappa shape index (κ2) is 6.12. The molecule has 5 heteroatoms. The third-order valence-electron chi connectivity index (χ3n) is 3.31. The standard InChI is InChI=1S/C12H23N3O2/c1-5-7-9(8-13)10-14-11(15-17-10)12(3,6-2)16-4/h9H,5-8,13H2,1-4H3. The highest BCUT2D eigenvalue weighted by Gasteiger charge is 2.31. The van der Waals surface area contributed by atoms with E-state index in [-0.39, 0.29) is 5.92 Å². The molecule has 2 atom stereocenters. The van der Waals surface area contributed by atoms with Gasteiger partial charge in [0.05, 0.1) is 5.92 Å². The summed E-state index contributed by atoms with van der Waals surface area (Å²) < 4.78 is 10.7. The molecule has 2 N–H and O–H groups in total. The molecule has 0 aliphatic heterocycles. The van der Waals surface area contributed by atoms with Gasteiger partial charge in [0.1, 0.15) is 5.60 Å².